The molecule has 9 heteroatoms. The smallest absolute Gasteiger partial charge is 0.434 e. The van der Waals surface area contributed by atoms with Crippen LogP contribution in [0.25, 0.3) is 0 Å². The van der Waals surface area contributed by atoms with Crippen LogP contribution in [0.15, 0.2) is 34.6 Å². The van der Waals surface area contributed by atoms with Gasteiger partial charge in [-0.2, -0.15) is 13.2 Å². The molecule has 0 amide bonds. The molecule has 1 aromatic carbocycles. The van der Waals surface area contributed by atoms with Gasteiger partial charge in [0.05, 0.1) is 12.1 Å². The number of benzene rings is 1. The standard InChI is InChI=1S/C17H21F3N4OS/c1-21-16(22-9-7-12-5-3-4-6-13(12)25-2)23-10-8-15-24-14(11-26-15)17(18,19)20/h3-6,11H,7-10H2,1-2H3,(H2,21,22,23). The lowest BCUT2D eigenvalue weighted by atomic mass is 10.1. The largest absolute Gasteiger partial charge is 0.496 e. The van der Waals surface area contributed by atoms with E-state index in [2.05, 4.69) is 20.6 Å². The molecule has 0 spiro atoms. The molecular weight excluding hydrogens is 365 g/mol. The third kappa shape index (κ3) is 5.91. The first-order valence-corrected chi connectivity index (χ1v) is 8.90. The minimum Gasteiger partial charge on any atom is -0.496 e. The normalized spacial score (nSPS) is 12.1. The second kappa shape index (κ2) is 9.42. The molecule has 0 unspecified atom stereocenters. The van der Waals surface area contributed by atoms with Crippen molar-refractivity contribution < 1.29 is 17.9 Å². The van der Waals surface area contributed by atoms with Crippen LogP contribution in [0.2, 0.25) is 0 Å². The summed E-state index contributed by atoms with van der Waals surface area (Å²) in [7, 11) is 3.28. The van der Waals surface area contributed by atoms with Crippen molar-refractivity contribution in [2.45, 2.75) is 19.0 Å². The number of nitrogens with zero attached hydrogens (tertiary/aromatic N) is 2. The molecule has 0 radical (unpaired) electrons. The zero-order valence-corrected chi connectivity index (χ0v) is 15.4. The van der Waals surface area contributed by atoms with Crippen LogP contribution in [-0.2, 0) is 19.0 Å². The first kappa shape index (κ1) is 20.0. The van der Waals surface area contributed by atoms with Crippen LogP contribution < -0.4 is 15.4 Å². The van der Waals surface area contributed by atoms with Gasteiger partial charge >= 0.3 is 6.18 Å². The summed E-state index contributed by atoms with van der Waals surface area (Å²) in [5.74, 6) is 1.42. The lowest BCUT2D eigenvalue weighted by Crippen LogP contribution is -2.39. The highest BCUT2D eigenvalue weighted by Crippen LogP contribution is 2.30. The molecule has 1 aromatic heterocycles. The zero-order valence-electron chi connectivity index (χ0n) is 14.6. The Hall–Kier alpha value is -2.29. The Morgan fingerprint density at radius 3 is 2.50 bits per heavy atom. The Labute approximate surface area is 154 Å². The molecule has 5 nitrogen and oxygen atoms in total. The number of rotatable bonds is 7. The molecule has 0 saturated carbocycles. The Bertz CT molecular complexity index is 731. The molecule has 0 aliphatic heterocycles. The molecule has 1 heterocycles. The maximum absolute atomic E-state index is 12.5. The minimum absolute atomic E-state index is 0.397. The van der Waals surface area contributed by atoms with Gasteiger partial charge in [0.25, 0.3) is 0 Å². The van der Waals surface area contributed by atoms with Crippen molar-refractivity contribution in [3.63, 3.8) is 0 Å². The second-order valence-corrected chi connectivity index (χ2v) is 6.30. The number of aromatic nitrogens is 1. The summed E-state index contributed by atoms with van der Waals surface area (Å²) in [5.41, 5.74) is 0.247. The summed E-state index contributed by atoms with van der Waals surface area (Å²) >= 11 is 1.01. The van der Waals surface area contributed by atoms with E-state index in [9.17, 15) is 13.2 Å². The Morgan fingerprint density at radius 1 is 1.19 bits per heavy atom. The number of hydrogen-bond acceptors (Lipinski definition) is 4. The number of alkyl halides is 3. The minimum atomic E-state index is -4.39. The molecule has 2 aromatic rings. The number of aliphatic imine (C=N–C) groups is 1. The molecule has 0 aliphatic rings. The molecule has 0 aliphatic carbocycles. The summed E-state index contributed by atoms with van der Waals surface area (Å²) in [5, 5.41) is 7.72. The van der Waals surface area contributed by atoms with Crippen molar-refractivity contribution >= 4 is 17.3 Å². The van der Waals surface area contributed by atoms with Crippen LogP contribution in [0.1, 0.15) is 16.3 Å². The fourth-order valence-corrected chi connectivity index (χ4v) is 3.09. The lowest BCUT2D eigenvalue weighted by Gasteiger charge is -2.12. The van der Waals surface area contributed by atoms with E-state index in [0.717, 1.165) is 34.5 Å². The van der Waals surface area contributed by atoms with Crippen LogP contribution in [-0.4, -0.2) is 38.2 Å². The topological polar surface area (TPSA) is 58.5 Å². The fraction of sp³-hybridized carbons (Fsp3) is 0.412. The number of para-hydroxylation sites is 1. The molecule has 0 fully saturated rings. The van der Waals surface area contributed by atoms with E-state index >= 15 is 0 Å². The van der Waals surface area contributed by atoms with Gasteiger partial charge < -0.3 is 15.4 Å². The summed E-state index contributed by atoms with van der Waals surface area (Å²) in [6, 6.07) is 7.77. The van der Waals surface area contributed by atoms with Crippen molar-refractivity contribution in [2.24, 2.45) is 4.99 Å². The predicted molar refractivity (Wildman–Crippen MR) is 96.9 cm³/mol. The third-order valence-corrected chi connectivity index (χ3v) is 4.49. The van der Waals surface area contributed by atoms with Crippen LogP contribution in [0.4, 0.5) is 13.2 Å². The van der Waals surface area contributed by atoms with E-state index in [1.54, 1.807) is 14.2 Å². The molecule has 142 valence electrons. The van der Waals surface area contributed by atoms with Crippen molar-refractivity contribution in [3.05, 3.63) is 45.9 Å². The average Bonchev–Trinajstić information content (AvgIpc) is 3.10. The Balaban J connectivity index is 1.75. The number of halogens is 3. The van der Waals surface area contributed by atoms with Crippen LogP contribution in [0, 0.1) is 0 Å². The molecule has 0 atom stereocenters. The number of thiazole rings is 1. The molecular formula is C17H21F3N4OS. The molecule has 0 saturated heterocycles. The molecule has 2 rings (SSSR count). The van der Waals surface area contributed by atoms with E-state index < -0.39 is 11.9 Å². The first-order valence-electron chi connectivity index (χ1n) is 8.02. The van der Waals surface area contributed by atoms with Gasteiger partial charge in [-0.05, 0) is 18.1 Å². The van der Waals surface area contributed by atoms with Gasteiger partial charge in [0, 0.05) is 31.9 Å². The van der Waals surface area contributed by atoms with Crippen molar-refractivity contribution in [1.82, 2.24) is 15.6 Å². The SMILES string of the molecule is CN=C(NCCc1nc(C(F)(F)F)cs1)NCCc1ccccc1OC. The van der Waals surface area contributed by atoms with Crippen molar-refractivity contribution in [3.8, 4) is 5.75 Å². The summed E-state index contributed by atoms with van der Waals surface area (Å²) in [6.07, 6.45) is -3.24. The maximum atomic E-state index is 12.5. The molecule has 26 heavy (non-hydrogen) atoms. The quantitative estimate of drug-likeness (QED) is 0.567. The monoisotopic (exact) mass is 386 g/mol. The van der Waals surface area contributed by atoms with Gasteiger partial charge in [-0.15, -0.1) is 11.3 Å². The van der Waals surface area contributed by atoms with Crippen molar-refractivity contribution in [2.75, 3.05) is 27.2 Å². The van der Waals surface area contributed by atoms with E-state index in [4.69, 9.17) is 4.74 Å². The fourth-order valence-electron chi connectivity index (χ4n) is 2.29. The number of guanidine groups is 1. The van der Waals surface area contributed by atoms with E-state index in [1.165, 1.54) is 0 Å². The van der Waals surface area contributed by atoms with Gasteiger partial charge in [-0.25, -0.2) is 4.98 Å². The number of ether oxygens (including phenoxy) is 1. The highest BCUT2D eigenvalue weighted by Gasteiger charge is 2.33. The van der Waals surface area contributed by atoms with Crippen LogP contribution in [0.3, 0.4) is 0 Å². The van der Waals surface area contributed by atoms with Crippen LogP contribution >= 0.6 is 11.3 Å². The summed E-state index contributed by atoms with van der Waals surface area (Å²) < 4.78 is 42.9. The van der Waals surface area contributed by atoms with E-state index in [1.807, 2.05) is 24.3 Å². The van der Waals surface area contributed by atoms with Crippen LogP contribution in [0.5, 0.6) is 5.75 Å². The summed E-state index contributed by atoms with van der Waals surface area (Å²) in [4.78, 5) is 7.71. The van der Waals surface area contributed by atoms with Gasteiger partial charge in [0.2, 0.25) is 0 Å². The Morgan fingerprint density at radius 2 is 1.88 bits per heavy atom. The van der Waals surface area contributed by atoms with E-state index in [-0.39, 0.29) is 0 Å². The number of methoxy groups -OCH3 is 1. The number of hydrogen-bond donors (Lipinski definition) is 2. The van der Waals surface area contributed by atoms with Gasteiger partial charge in [0.15, 0.2) is 11.7 Å². The first-order chi connectivity index (χ1) is 12.4. The van der Waals surface area contributed by atoms with Gasteiger partial charge in [-0.3, -0.25) is 4.99 Å². The van der Waals surface area contributed by atoms with E-state index in [0.29, 0.717) is 30.5 Å². The molecule has 2 N–H and O–H groups in total. The lowest BCUT2D eigenvalue weighted by molar-refractivity contribution is -0.140. The highest BCUT2D eigenvalue weighted by atomic mass is 32.1. The molecule has 0 bridgehead atoms. The zero-order chi connectivity index (χ0) is 19.0. The second-order valence-electron chi connectivity index (χ2n) is 5.36. The Kier molecular flexibility index (Phi) is 7.26. The number of nitrogens with one attached hydrogen (secondary N) is 2. The average molecular weight is 386 g/mol. The van der Waals surface area contributed by atoms with Crippen molar-refractivity contribution in [1.29, 1.82) is 0 Å². The van der Waals surface area contributed by atoms with Gasteiger partial charge in [0.1, 0.15) is 5.75 Å². The predicted octanol–water partition coefficient (Wildman–Crippen LogP) is 3.12. The van der Waals surface area contributed by atoms with Gasteiger partial charge in [-0.1, -0.05) is 18.2 Å². The summed E-state index contributed by atoms with van der Waals surface area (Å²) in [6.45, 7) is 1.09. The third-order valence-electron chi connectivity index (χ3n) is 3.58. The maximum Gasteiger partial charge on any atom is 0.434 e. The highest BCUT2D eigenvalue weighted by molar-refractivity contribution is 7.09.